The molecule has 266 valence electrons. The number of aliphatic hydroxyl groups excluding tert-OH is 1. The molecule has 4 atom stereocenters. The summed E-state index contributed by atoms with van der Waals surface area (Å²) >= 11 is 14.3. The van der Waals surface area contributed by atoms with Crippen molar-refractivity contribution in [1.29, 1.82) is 0 Å². The fraction of sp³-hybridized carbons (Fsp3) is 0.342. The number of allylic oxidation sites excluding steroid dienone is 4. The highest BCUT2D eigenvalue weighted by atomic mass is 35.5. The molecule has 4 aliphatic rings. The minimum absolute atomic E-state index is 0.0714. The number of aliphatic carboxylic acids is 1. The summed E-state index contributed by atoms with van der Waals surface area (Å²) in [5, 5.41) is 24.8. The second kappa shape index (κ2) is 14.7. The van der Waals surface area contributed by atoms with E-state index in [0.29, 0.717) is 34.4 Å². The van der Waals surface area contributed by atoms with Crippen molar-refractivity contribution in [3.05, 3.63) is 101 Å². The summed E-state index contributed by atoms with van der Waals surface area (Å²) in [5.74, 6) is -0.508. The highest BCUT2D eigenvalue weighted by Gasteiger charge is 2.45. The van der Waals surface area contributed by atoms with Gasteiger partial charge >= 0.3 is 5.97 Å². The Hall–Kier alpha value is -4.39. The molecule has 51 heavy (non-hydrogen) atoms. The van der Waals surface area contributed by atoms with E-state index in [1.807, 2.05) is 72.8 Å². The number of amides is 2. The zero-order valence-corrected chi connectivity index (χ0v) is 29.2. The van der Waals surface area contributed by atoms with Gasteiger partial charge in [0.15, 0.2) is 13.2 Å². The minimum atomic E-state index is -1.18. The largest absolute Gasteiger partial charge is 0.482 e. The highest BCUT2D eigenvalue weighted by Crippen LogP contribution is 2.51. The molecule has 4 N–H and O–H groups in total. The lowest BCUT2D eigenvalue weighted by atomic mass is 9.67. The number of hydrogen-bond acceptors (Lipinski definition) is 8. The lowest BCUT2D eigenvalue weighted by Gasteiger charge is -2.41. The van der Waals surface area contributed by atoms with Gasteiger partial charge < -0.3 is 40.1 Å². The Morgan fingerprint density at radius 3 is 2.29 bits per heavy atom. The smallest absolute Gasteiger partial charge is 0.323 e. The number of benzene rings is 3. The summed E-state index contributed by atoms with van der Waals surface area (Å²) in [7, 11) is 0. The Morgan fingerprint density at radius 1 is 1.00 bits per heavy atom. The second-order valence-corrected chi connectivity index (χ2v) is 13.8. The molecule has 7 rings (SSSR count). The Labute approximate surface area is 305 Å². The van der Waals surface area contributed by atoms with E-state index in [1.165, 1.54) is 0 Å². The second-order valence-electron chi connectivity index (χ2n) is 13.0. The van der Waals surface area contributed by atoms with Crippen molar-refractivity contribution in [2.75, 3.05) is 55.8 Å². The summed E-state index contributed by atoms with van der Waals surface area (Å²) < 4.78 is 12.0. The third-order valence-corrected chi connectivity index (χ3v) is 10.9. The molecule has 3 unspecified atom stereocenters. The van der Waals surface area contributed by atoms with Gasteiger partial charge in [-0.25, -0.2) is 0 Å². The first-order valence-electron chi connectivity index (χ1n) is 17.0. The van der Waals surface area contributed by atoms with E-state index in [-0.39, 0.29) is 44.2 Å². The van der Waals surface area contributed by atoms with Crippen LogP contribution in [0.1, 0.15) is 29.5 Å². The first kappa shape index (κ1) is 35.0. The number of carboxylic acid groups (broad SMARTS) is 1. The molecule has 3 heterocycles. The standard InChI is InChI=1S/C38H38Cl2N4O7/c39-28-8-2-1-6-26(28)27-7-3-13-38(36(27)40,24-10-12-31-33(18-24)51-22-35(47)44(31)19-25-5-4-14-41-25)23-9-11-30-32(17-23)50-21-34(46)43(30)16-15-42-29(20-45)37(48)49/h1-3,6-13,17-18,25,29,36,41-42,45H,4-5,14-16,19-22H2,(H,48,49)/t25-,29?,36?,38?/m0/s1. The van der Waals surface area contributed by atoms with E-state index in [4.69, 9.17) is 32.7 Å². The molecular formula is C38H38Cl2N4O7. The molecule has 3 aliphatic heterocycles. The summed E-state index contributed by atoms with van der Waals surface area (Å²) in [4.78, 5) is 40.8. The quantitative estimate of drug-likeness (QED) is 0.214. The number of halogens is 2. The van der Waals surface area contributed by atoms with Gasteiger partial charge in [-0.15, -0.1) is 11.6 Å². The summed E-state index contributed by atoms with van der Waals surface area (Å²) in [6.45, 7) is 0.936. The third-order valence-electron chi connectivity index (χ3n) is 10.0. The number of carbonyl (C=O) groups is 3. The molecule has 11 nitrogen and oxygen atoms in total. The van der Waals surface area contributed by atoms with Crippen molar-refractivity contribution in [3.8, 4) is 11.5 Å². The maximum atomic E-state index is 13.1. The number of carbonyl (C=O) groups excluding carboxylic acids is 2. The molecule has 1 saturated heterocycles. The molecule has 2 amide bonds. The molecule has 0 saturated carbocycles. The van der Waals surface area contributed by atoms with Gasteiger partial charge in [-0.3, -0.25) is 14.4 Å². The topological polar surface area (TPSA) is 141 Å². The number of fused-ring (bicyclic) bond motifs is 2. The van der Waals surface area contributed by atoms with Crippen LogP contribution < -0.4 is 29.9 Å². The van der Waals surface area contributed by atoms with Crippen LogP contribution in [0.25, 0.3) is 5.57 Å². The van der Waals surface area contributed by atoms with E-state index < -0.39 is 29.4 Å². The monoisotopic (exact) mass is 732 g/mol. The van der Waals surface area contributed by atoms with Gasteiger partial charge in [-0.2, -0.15) is 0 Å². The van der Waals surface area contributed by atoms with Crippen molar-refractivity contribution in [2.45, 2.75) is 35.7 Å². The average molecular weight is 734 g/mol. The van der Waals surface area contributed by atoms with Gasteiger partial charge in [0.05, 0.1) is 28.8 Å². The van der Waals surface area contributed by atoms with E-state index in [2.05, 4.69) is 10.6 Å². The van der Waals surface area contributed by atoms with Gasteiger partial charge in [0.1, 0.15) is 17.5 Å². The van der Waals surface area contributed by atoms with E-state index in [9.17, 15) is 24.6 Å². The lowest BCUT2D eigenvalue weighted by molar-refractivity contribution is -0.140. The molecule has 0 aromatic heterocycles. The SMILES string of the molecule is O=C(O)C(CO)NCCN1C(=O)COc2cc(C3(c4ccc5c(c4)OCC(=O)N5C[C@@H]4CCCN4)C=CC=C(c4ccccc4Cl)C3Cl)ccc21. The number of nitrogens with one attached hydrogen (secondary N) is 2. The van der Waals surface area contributed by atoms with Crippen molar-refractivity contribution >= 4 is 57.9 Å². The van der Waals surface area contributed by atoms with Crippen molar-refractivity contribution < 1.29 is 34.1 Å². The van der Waals surface area contributed by atoms with Gasteiger partial charge in [0, 0.05) is 30.7 Å². The van der Waals surface area contributed by atoms with Crippen molar-refractivity contribution in [2.24, 2.45) is 0 Å². The fourth-order valence-corrected chi connectivity index (χ4v) is 8.13. The highest BCUT2D eigenvalue weighted by molar-refractivity contribution is 6.34. The normalized spacial score (nSPS) is 23.2. The summed E-state index contributed by atoms with van der Waals surface area (Å²) in [5.41, 5.74) is 3.46. The predicted octanol–water partition coefficient (Wildman–Crippen LogP) is 4.12. The van der Waals surface area contributed by atoms with Crippen LogP contribution >= 0.6 is 23.2 Å². The number of aliphatic hydroxyl groups is 1. The minimum Gasteiger partial charge on any atom is -0.482 e. The maximum Gasteiger partial charge on any atom is 0.323 e. The third kappa shape index (κ3) is 6.60. The van der Waals surface area contributed by atoms with E-state index in [0.717, 1.165) is 41.6 Å². The number of nitrogens with zero attached hydrogens (tertiary/aromatic N) is 2. The molecule has 1 fully saturated rings. The summed E-state index contributed by atoms with van der Waals surface area (Å²) in [6.07, 6.45) is 8.04. The molecule has 3 aromatic rings. The van der Waals surface area contributed by atoms with Crippen LogP contribution in [0.4, 0.5) is 11.4 Å². The number of alkyl halides is 1. The first-order valence-corrected chi connectivity index (χ1v) is 17.8. The van der Waals surface area contributed by atoms with Gasteiger partial charge in [0.25, 0.3) is 11.8 Å². The first-order chi connectivity index (χ1) is 24.7. The number of carboxylic acids is 1. The Bertz CT molecular complexity index is 1910. The van der Waals surface area contributed by atoms with Gasteiger partial charge in [-0.05, 0) is 72.0 Å². The van der Waals surface area contributed by atoms with E-state index in [1.54, 1.807) is 15.9 Å². The molecule has 3 aromatic carbocycles. The summed E-state index contributed by atoms with van der Waals surface area (Å²) in [6, 6.07) is 18.1. The Balaban J connectivity index is 1.29. The Morgan fingerprint density at radius 2 is 1.67 bits per heavy atom. The van der Waals surface area contributed by atoms with Crippen molar-refractivity contribution in [3.63, 3.8) is 0 Å². The lowest BCUT2D eigenvalue weighted by Crippen LogP contribution is -2.47. The molecular weight excluding hydrogens is 695 g/mol. The van der Waals surface area contributed by atoms with Gasteiger partial charge in [0.2, 0.25) is 0 Å². The number of hydrogen-bond donors (Lipinski definition) is 4. The zero-order chi connectivity index (χ0) is 35.7. The molecule has 0 radical (unpaired) electrons. The number of ether oxygens (including phenoxy) is 2. The number of rotatable bonds is 11. The Kier molecular flexibility index (Phi) is 10.1. The van der Waals surface area contributed by atoms with E-state index >= 15 is 0 Å². The van der Waals surface area contributed by atoms with Crippen LogP contribution in [0.15, 0.2) is 78.9 Å². The molecule has 1 aliphatic carbocycles. The molecule has 13 heteroatoms. The molecule has 0 spiro atoms. The fourth-order valence-electron chi connectivity index (χ4n) is 7.37. The zero-order valence-electron chi connectivity index (χ0n) is 27.7. The van der Waals surface area contributed by atoms with Crippen LogP contribution in [0.2, 0.25) is 5.02 Å². The van der Waals surface area contributed by atoms with Crippen LogP contribution in [0.3, 0.4) is 0 Å². The van der Waals surface area contributed by atoms with Crippen LogP contribution in [0, 0.1) is 0 Å². The maximum absolute atomic E-state index is 13.1. The van der Waals surface area contributed by atoms with Crippen LogP contribution in [0.5, 0.6) is 11.5 Å². The molecule has 0 bridgehead atoms. The van der Waals surface area contributed by atoms with Gasteiger partial charge in [-0.1, -0.05) is 60.2 Å². The van der Waals surface area contributed by atoms with Crippen LogP contribution in [-0.4, -0.2) is 91.5 Å². The predicted molar refractivity (Wildman–Crippen MR) is 195 cm³/mol. The number of anilines is 2. The van der Waals surface area contributed by atoms with Crippen LogP contribution in [-0.2, 0) is 19.8 Å². The average Bonchev–Trinajstić information content (AvgIpc) is 3.65. The van der Waals surface area contributed by atoms with Crippen molar-refractivity contribution in [1.82, 2.24) is 10.6 Å².